The van der Waals surface area contributed by atoms with Gasteiger partial charge in [-0.1, -0.05) is 0 Å². The van der Waals surface area contributed by atoms with Crippen molar-refractivity contribution in [2.24, 2.45) is 7.05 Å². The molecule has 0 unspecified atom stereocenters. The maximum Gasteiger partial charge on any atom is 0.347 e. The molecule has 0 N–H and O–H groups in total. The molecular formula is C16H22N6O3. The number of nitrogens with zero attached hydrogens (tertiary/aromatic N) is 6. The molecule has 0 aromatic carbocycles. The molecule has 0 saturated carbocycles. The average molecular weight is 346 g/mol. The van der Waals surface area contributed by atoms with Crippen LogP contribution in [0.1, 0.15) is 31.5 Å². The molecule has 1 aliphatic heterocycles. The molecule has 2 aromatic heterocycles. The van der Waals surface area contributed by atoms with Crippen molar-refractivity contribution < 1.29 is 4.79 Å². The lowest BCUT2D eigenvalue weighted by atomic mass is 9.96. The third-order valence-corrected chi connectivity index (χ3v) is 4.65. The summed E-state index contributed by atoms with van der Waals surface area (Å²) in [4.78, 5) is 41.5. The first-order valence-electron chi connectivity index (χ1n) is 8.44. The minimum Gasteiger partial charge on any atom is -0.341 e. The van der Waals surface area contributed by atoms with Crippen molar-refractivity contribution in [3.8, 4) is 0 Å². The number of aromatic nitrogens is 5. The number of hydrogen-bond donors (Lipinski definition) is 0. The zero-order valence-electron chi connectivity index (χ0n) is 14.5. The molecule has 9 heteroatoms. The summed E-state index contributed by atoms with van der Waals surface area (Å²) < 4.78 is 4.37. The Morgan fingerprint density at radius 1 is 1.28 bits per heavy atom. The zero-order chi connectivity index (χ0) is 18.0. The topological polar surface area (TPSA) is 95.0 Å². The van der Waals surface area contributed by atoms with E-state index in [0.29, 0.717) is 19.6 Å². The van der Waals surface area contributed by atoms with Gasteiger partial charge in [-0.15, -0.1) is 0 Å². The Kier molecular flexibility index (Phi) is 4.82. The SMILES string of the molecule is CCn1c(C2CCN(C(=O)Cn3cccnc3=O)CC2)nn(C)c1=O. The van der Waals surface area contributed by atoms with Gasteiger partial charge in [0, 0.05) is 45.0 Å². The summed E-state index contributed by atoms with van der Waals surface area (Å²) in [5.41, 5.74) is -0.529. The smallest absolute Gasteiger partial charge is 0.341 e. The Balaban J connectivity index is 1.65. The molecule has 25 heavy (non-hydrogen) atoms. The van der Waals surface area contributed by atoms with Crippen LogP contribution in [0.5, 0.6) is 0 Å². The van der Waals surface area contributed by atoms with Crippen LogP contribution >= 0.6 is 0 Å². The van der Waals surface area contributed by atoms with Crippen molar-refractivity contribution >= 4 is 5.91 Å². The fraction of sp³-hybridized carbons (Fsp3) is 0.562. The van der Waals surface area contributed by atoms with Crippen molar-refractivity contribution in [1.29, 1.82) is 0 Å². The van der Waals surface area contributed by atoms with E-state index in [-0.39, 0.29) is 24.1 Å². The molecule has 0 atom stereocenters. The van der Waals surface area contributed by atoms with Crippen molar-refractivity contribution in [2.75, 3.05) is 13.1 Å². The van der Waals surface area contributed by atoms with Gasteiger partial charge in [-0.2, -0.15) is 5.10 Å². The monoisotopic (exact) mass is 346 g/mol. The van der Waals surface area contributed by atoms with Gasteiger partial charge in [-0.25, -0.2) is 19.3 Å². The molecule has 0 radical (unpaired) electrons. The number of piperidine rings is 1. The van der Waals surface area contributed by atoms with Gasteiger partial charge in [-0.05, 0) is 25.8 Å². The van der Waals surface area contributed by atoms with Crippen molar-refractivity contribution in [3.05, 3.63) is 45.3 Å². The fourth-order valence-electron chi connectivity index (χ4n) is 3.26. The minimum atomic E-state index is -0.425. The Morgan fingerprint density at radius 3 is 2.64 bits per heavy atom. The van der Waals surface area contributed by atoms with E-state index >= 15 is 0 Å². The number of carbonyl (C=O) groups excluding carboxylic acids is 1. The van der Waals surface area contributed by atoms with Gasteiger partial charge in [0.2, 0.25) is 5.91 Å². The van der Waals surface area contributed by atoms with Crippen molar-refractivity contribution in [2.45, 2.75) is 38.8 Å². The maximum atomic E-state index is 12.4. The highest BCUT2D eigenvalue weighted by molar-refractivity contribution is 5.76. The van der Waals surface area contributed by atoms with E-state index in [4.69, 9.17) is 0 Å². The molecule has 0 spiro atoms. The third kappa shape index (κ3) is 3.40. The summed E-state index contributed by atoms with van der Waals surface area (Å²) in [7, 11) is 1.66. The molecule has 2 aromatic rings. The fourth-order valence-corrected chi connectivity index (χ4v) is 3.26. The van der Waals surface area contributed by atoms with Crippen LogP contribution in [0.3, 0.4) is 0 Å². The number of rotatable bonds is 4. The summed E-state index contributed by atoms with van der Waals surface area (Å²) in [6.45, 7) is 3.70. The van der Waals surface area contributed by atoms with Crippen LogP contribution in [0.15, 0.2) is 28.0 Å². The molecule has 134 valence electrons. The van der Waals surface area contributed by atoms with Gasteiger partial charge < -0.3 is 4.90 Å². The summed E-state index contributed by atoms with van der Waals surface area (Å²) in [5.74, 6) is 0.868. The molecule has 3 heterocycles. The van der Waals surface area contributed by atoms with Crippen LogP contribution in [0.25, 0.3) is 0 Å². The lowest BCUT2D eigenvalue weighted by Gasteiger charge is -2.31. The first-order valence-corrected chi connectivity index (χ1v) is 8.44. The Hall–Kier alpha value is -2.71. The van der Waals surface area contributed by atoms with Crippen LogP contribution in [0, 0.1) is 0 Å². The molecule has 0 aliphatic carbocycles. The molecule has 1 amide bonds. The van der Waals surface area contributed by atoms with E-state index in [9.17, 15) is 14.4 Å². The second kappa shape index (κ2) is 7.04. The van der Waals surface area contributed by atoms with E-state index in [0.717, 1.165) is 18.7 Å². The normalized spacial score (nSPS) is 15.5. The minimum absolute atomic E-state index is 0.000590. The largest absolute Gasteiger partial charge is 0.347 e. The van der Waals surface area contributed by atoms with E-state index in [1.165, 1.54) is 15.4 Å². The molecule has 1 aliphatic rings. The Bertz CT molecular complexity index is 872. The van der Waals surface area contributed by atoms with E-state index < -0.39 is 5.69 Å². The Labute approximate surface area is 144 Å². The first kappa shape index (κ1) is 17.1. The summed E-state index contributed by atoms with van der Waals surface area (Å²) >= 11 is 0. The van der Waals surface area contributed by atoms with Gasteiger partial charge in [0.25, 0.3) is 0 Å². The first-order chi connectivity index (χ1) is 12.0. The molecule has 9 nitrogen and oxygen atoms in total. The highest BCUT2D eigenvalue weighted by Crippen LogP contribution is 2.26. The van der Waals surface area contributed by atoms with Crippen LogP contribution in [0.2, 0.25) is 0 Å². The number of amides is 1. The Morgan fingerprint density at radius 2 is 2.00 bits per heavy atom. The van der Waals surface area contributed by atoms with E-state index in [1.54, 1.807) is 28.8 Å². The highest BCUT2D eigenvalue weighted by atomic mass is 16.2. The van der Waals surface area contributed by atoms with Crippen LogP contribution < -0.4 is 11.4 Å². The van der Waals surface area contributed by atoms with E-state index in [2.05, 4.69) is 10.1 Å². The van der Waals surface area contributed by atoms with Crippen molar-refractivity contribution in [1.82, 2.24) is 28.8 Å². The van der Waals surface area contributed by atoms with E-state index in [1.807, 2.05) is 6.92 Å². The molecule has 0 bridgehead atoms. The number of hydrogen-bond acceptors (Lipinski definition) is 5. The molecule has 1 fully saturated rings. The average Bonchev–Trinajstić information content (AvgIpc) is 2.91. The second-order valence-corrected chi connectivity index (χ2v) is 6.19. The van der Waals surface area contributed by atoms with Gasteiger partial charge in [0.1, 0.15) is 12.4 Å². The number of aryl methyl sites for hydroxylation is 1. The maximum absolute atomic E-state index is 12.4. The highest BCUT2D eigenvalue weighted by Gasteiger charge is 2.28. The van der Waals surface area contributed by atoms with Crippen LogP contribution in [0.4, 0.5) is 0 Å². The second-order valence-electron chi connectivity index (χ2n) is 6.19. The predicted molar refractivity (Wildman–Crippen MR) is 90.2 cm³/mol. The quantitative estimate of drug-likeness (QED) is 0.748. The lowest BCUT2D eigenvalue weighted by Crippen LogP contribution is -2.41. The molecule has 3 rings (SSSR count). The summed E-state index contributed by atoms with van der Waals surface area (Å²) in [6.07, 6.45) is 4.48. The van der Waals surface area contributed by atoms with Gasteiger partial charge in [0.15, 0.2) is 0 Å². The lowest BCUT2D eigenvalue weighted by molar-refractivity contribution is -0.133. The molecule has 1 saturated heterocycles. The third-order valence-electron chi connectivity index (χ3n) is 4.65. The van der Waals surface area contributed by atoms with Crippen LogP contribution in [-0.4, -0.2) is 47.8 Å². The van der Waals surface area contributed by atoms with Gasteiger partial charge in [-0.3, -0.25) is 13.9 Å². The summed E-state index contributed by atoms with van der Waals surface area (Å²) in [5, 5.41) is 4.36. The number of likely N-dealkylation sites (tertiary alicyclic amines) is 1. The standard InChI is InChI=1S/C16H22N6O3/c1-3-22-14(18-19(2)16(22)25)12-5-9-20(10-6-12)13(23)11-21-8-4-7-17-15(21)24/h4,7-8,12H,3,5-6,9-11H2,1-2H3. The zero-order valence-corrected chi connectivity index (χ0v) is 14.5. The van der Waals surface area contributed by atoms with Gasteiger partial charge >= 0.3 is 11.4 Å². The van der Waals surface area contributed by atoms with Crippen molar-refractivity contribution in [3.63, 3.8) is 0 Å². The predicted octanol–water partition coefficient (Wildman–Crippen LogP) is -0.435. The molecular weight excluding hydrogens is 324 g/mol. The van der Waals surface area contributed by atoms with Gasteiger partial charge in [0.05, 0.1) is 0 Å². The summed E-state index contributed by atoms with van der Waals surface area (Å²) in [6, 6.07) is 1.63. The van der Waals surface area contributed by atoms with Crippen LogP contribution in [-0.2, 0) is 24.9 Å². The number of carbonyl (C=O) groups is 1.